The Balaban J connectivity index is 4.46. The molecule has 0 aliphatic carbocycles. The highest BCUT2D eigenvalue weighted by Crippen LogP contribution is 2.18. The highest BCUT2D eigenvalue weighted by molar-refractivity contribution is 7.89. The van der Waals surface area contributed by atoms with Crippen LogP contribution in [0.4, 0.5) is 0 Å². The van der Waals surface area contributed by atoms with Crippen molar-refractivity contribution in [3.05, 3.63) is 12.7 Å². The van der Waals surface area contributed by atoms with Gasteiger partial charge < -0.3 is 4.74 Å². The monoisotopic (exact) mass is 221 g/mol. The van der Waals surface area contributed by atoms with E-state index in [-0.39, 0.29) is 5.92 Å². The molecule has 84 valence electrons. The van der Waals surface area contributed by atoms with Crippen molar-refractivity contribution in [3.63, 3.8) is 0 Å². The first-order valence-corrected chi connectivity index (χ1v) is 6.15. The van der Waals surface area contributed by atoms with Gasteiger partial charge in [0.15, 0.2) is 0 Å². The van der Waals surface area contributed by atoms with Gasteiger partial charge in [-0.1, -0.05) is 13.0 Å². The molecule has 0 bridgehead atoms. The average Bonchev–Trinajstić information content (AvgIpc) is 2.03. The number of primary sulfonamides is 1. The van der Waals surface area contributed by atoms with Gasteiger partial charge in [-0.3, -0.25) is 0 Å². The lowest BCUT2D eigenvalue weighted by Crippen LogP contribution is -2.34. The van der Waals surface area contributed by atoms with Crippen molar-refractivity contribution < 1.29 is 13.2 Å². The highest BCUT2D eigenvalue weighted by Gasteiger charge is 2.26. The lowest BCUT2D eigenvalue weighted by molar-refractivity contribution is 0.188. The number of hydrogen-bond donors (Lipinski definition) is 1. The fraction of sp³-hybridized carbons (Fsp3) is 0.778. The summed E-state index contributed by atoms with van der Waals surface area (Å²) in [6.45, 7) is 5.84. The minimum Gasteiger partial charge on any atom is -0.385 e. The topological polar surface area (TPSA) is 69.4 Å². The summed E-state index contributed by atoms with van der Waals surface area (Å²) in [6, 6.07) is 0. The fourth-order valence-electron chi connectivity index (χ4n) is 1.42. The molecule has 0 rings (SSSR count). The third kappa shape index (κ3) is 4.74. The van der Waals surface area contributed by atoms with Gasteiger partial charge in [0.1, 0.15) is 0 Å². The molecule has 0 aromatic rings. The number of allylic oxidation sites excluding steroid dienone is 1. The summed E-state index contributed by atoms with van der Waals surface area (Å²) in [7, 11) is -1.95. The zero-order chi connectivity index (χ0) is 11.2. The predicted octanol–water partition coefficient (Wildman–Crippen LogP) is 0.892. The third-order valence-electron chi connectivity index (χ3n) is 2.20. The van der Waals surface area contributed by atoms with E-state index in [1.807, 2.05) is 6.92 Å². The number of nitrogens with two attached hydrogens (primary N) is 1. The van der Waals surface area contributed by atoms with Crippen molar-refractivity contribution in [2.24, 2.45) is 11.1 Å². The van der Waals surface area contributed by atoms with Crippen LogP contribution in [0, 0.1) is 5.92 Å². The van der Waals surface area contributed by atoms with E-state index in [1.165, 1.54) is 0 Å². The van der Waals surface area contributed by atoms with Crippen molar-refractivity contribution in [3.8, 4) is 0 Å². The predicted molar refractivity (Wildman–Crippen MR) is 57.4 cm³/mol. The Bertz CT molecular complexity index is 261. The first kappa shape index (κ1) is 13.6. The lowest BCUT2D eigenvalue weighted by atomic mass is 10.0. The smallest absolute Gasteiger partial charge is 0.212 e. The second kappa shape index (κ2) is 6.16. The molecule has 0 heterocycles. The van der Waals surface area contributed by atoms with Crippen molar-refractivity contribution in [2.75, 3.05) is 13.7 Å². The summed E-state index contributed by atoms with van der Waals surface area (Å²) in [5, 5.41) is 4.59. The Kier molecular flexibility index (Phi) is 5.99. The van der Waals surface area contributed by atoms with Crippen molar-refractivity contribution in [2.45, 2.75) is 25.0 Å². The normalized spacial score (nSPS) is 16.2. The number of methoxy groups -OCH3 is 1. The standard InChI is InChI=1S/C9H19NO3S/c1-4-5-8(2)9(6-7-13-3)14(10,11)12/h4,8-9H,1,5-7H2,2-3H3,(H2,10,11,12). The van der Waals surface area contributed by atoms with Crippen LogP contribution in [0.2, 0.25) is 0 Å². The summed E-state index contributed by atoms with van der Waals surface area (Å²) in [6.07, 6.45) is 2.78. The van der Waals surface area contributed by atoms with Gasteiger partial charge in [0.05, 0.1) is 5.25 Å². The molecule has 0 saturated carbocycles. The van der Waals surface area contributed by atoms with E-state index in [0.29, 0.717) is 19.4 Å². The molecule has 14 heavy (non-hydrogen) atoms. The van der Waals surface area contributed by atoms with Crippen LogP contribution in [0.3, 0.4) is 0 Å². The summed E-state index contributed by atoms with van der Waals surface area (Å²) in [5.41, 5.74) is 0. The van der Waals surface area contributed by atoms with Crippen LogP contribution in [0.5, 0.6) is 0 Å². The highest BCUT2D eigenvalue weighted by atomic mass is 32.2. The molecular formula is C9H19NO3S. The van der Waals surface area contributed by atoms with Crippen molar-refractivity contribution >= 4 is 10.0 Å². The molecule has 0 spiro atoms. The Morgan fingerprint density at radius 3 is 2.50 bits per heavy atom. The molecule has 2 atom stereocenters. The Hall–Kier alpha value is -0.390. The molecule has 0 saturated heterocycles. The Labute approximate surface area is 86.2 Å². The lowest BCUT2D eigenvalue weighted by Gasteiger charge is -2.20. The van der Waals surface area contributed by atoms with E-state index in [0.717, 1.165) is 0 Å². The number of hydrogen-bond acceptors (Lipinski definition) is 3. The maximum atomic E-state index is 11.2. The van der Waals surface area contributed by atoms with Crippen LogP contribution < -0.4 is 5.14 Å². The van der Waals surface area contributed by atoms with E-state index < -0.39 is 15.3 Å². The van der Waals surface area contributed by atoms with Crippen LogP contribution >= 0.6 is 0 Å². The molecule has 0 aromatic carbocycles. The second-order valence-corrected chi connectivity index (χ2v) is 5.19. The molecule has 0 aliphatic rings. The van der Waals surface area contributed by atoms with Gasteiger partial charge in [-0.25, -0.2) is 13.6 Å². The molecule has 0 radical (unpaired) electrons. The minimum atomic E-state index is -3.49. The van der Waals surface area contributed by atoms with Crippen LogP contribution in [0.1, 0.15) is 19.8 Å². The van der Waals surface area contributed by atoms with Crippen molar-refractivity contribution in [1.29, 1.82) is 0 Å². The zero-order valence-corrected chi connectivity index (χ0v) is 9.59. The van der Waals surface area contributed by atoms with Crippen LogP contribution in [-0.4, -0.2) is 27.4 Å². The van der Waals surface area contributed by atoms with Gasteiger partial charge in [0, 0.05) is 13.7 Å². The van der Waals surface area contributed by atoms with Crippen LogP contribution in [0.15, 0.2) is 12.7 Å². The molecule has 5 heteroatoms. The van der Waals surface area contributed by atoms with Crippen LogP contribution in [0.25, 0.3) is 0 Å². The van der Waals surface area contributed by atoms with Gasteiger partial charge >= 0.3 is 0 Å². The summed E-state index contributed by atoms with van der Waals surface area (Å²) < 4.78 is 27.3. The van der Waals surface area contributed by atoms with E-state index in [1.54, 1.807) is 13.2 Å². The fourth-order valence-corrected chi connectivity index (χ4v) is 2.60. The Morgan fingerprint density at radius 2 is 2.14 bits per heavy atom. The van der Waals surface area contributed by atoms with Crippen LogP contribution in [-0.2, 0) is 14.8 Å². The zero-order valence-electron chi connectivity index (χ0n) is 8.77. The molecule has 2 unspecified atom stereocenters. The van der Waals surface area contributed by atoms with E-state index in [4.69, 9.17) is 9.88 Å². The SMILES string of the molecule is C=CCC(C)C(CCOC)S(N)(=O)=O. The van der Waals surface area contributed by atoms with Gasteiger partial charge in [-0.2, -0.15) is 0 Å². The number of rotatable bonds is 7. The second-order valence-electron chi connectivity index (χ2n) is 3.41. The van der Waals surface area contributed by atoms with Gasteiger partial charge in [0.2, 0.25) is 10.0 Å². The summed E-state index contributed by atoms with van der Waals surface area (Å²) >= 11 is 0. The van der Waals surface area contributed by atoms with E-state index in [2.05, 4.69) is 6.58 Å². The minimum absolute atomic E-state index is 0.0161. The molecule has 0 fully saturated rings. The summed E-state index contributed by atoms with van der Waals surface area (Å²) in [4.78, 5) is 0. The maximum Gasteiger partial charge on any atom is 0.212 e. The summed E-state index contributed by atoms with van der Waals surface area (Å²) in [5.74, 6) is -0.0161. The number of sulfonamides is 1. The molecule has 0 aliphatic heterocycles. The molecular weight excluding hydrogens is 202 g/mol. The van der Waals surface area contributed by atoms with Gasteiger partial charge in [-0.05, 0) is 18.8 Å². The van der Waals surface area contributed by atoms with Gasteiger partial charge in [-0.15, -0.1) is 6.58 Å². The molecule has 0 amide bonds. The van der Waals surface area contributed by atoms with E-state index in [9.17, 15) is 8.42 Å². The largest absolute Gasteiger partial charge is 0.385 e. The first-order chi connectivity index (χ1) is 6.43. The van der Waals surface area contributed by atoms with Gasteiger partial charge in [0.25, 0.3) is 0 Å². The molecule has 4 nitrogen and oxygen atoms in total. The Morgan fingerprint density at radius 1 is 1.57 bits per heavy atom. The average molecular weight is 221 g/mol. The number of ether oxygens (including phenoxy) is 1. The van der Waals surface area contributed by atoms with E-state index >= 15 is 0 Å². The molecule has 0 aromatic heterocycles. The molecule has 2 N–H and O–H groups in total. The maximum absolute atomic E-state index is 11.2. The van der Waals surface area contributed by atoms with Crippen molar-refractivity contribution in [1.82, 2.24) is 0 Å². The third-order valence-corrected chi connectivity index (χ3v) is 3.75. The quantitative estimate of drug-likeness (QED) is 0.649. The first-order valence-electron chi connectivity index (χ1n) is 4.55.